The van der Waals surface area contributed by atoms with Crippen LogP contribution in [0.5, 0.6) is 11.5 Å². The summed E-state index contributed by atoms with van der Waals surface area (Å²) in [6.45, 7) is 3.61. The molecule has 0 aliphatic heterocycles. The zero-order valence-corrected chi connectivity index (χ0v) is 25.4. The molecule has 0 bridgehead atoms. The van der Waals surface area contributed by atoms with Crippen molar-refractivity contribution in [2.24, 2.45) is 0 Å². The molecule has 1 amide bonds. The number of sulfonamides is 2. The van der Waals surface area contributed by atoms with Gasteiger partial charge in [-0.25, -0.2) is 16.8 Å². The van der Waals surface area contributed by atoms with Crippen LogP contribution in [0, 0.1) is 13.8 Å². The maximum atomic E-state index is 13.2. The third-order valence-electron chi connectivity index (χ3n) is 6.19. The first-order chi connectivity index (χ1) is 19.8. The van der Waals surface area contributed by atoms with Crippen LogP contribution in [-0.4, -0.2) is 37.0 Å². The van der Waals surface area contributed by atoms with Crippen molar-refractivity contribution < 1.29 is 31.1 Å². The highest BCUT2D eigenvalue weighted by molar-refractivity contribution is 7.93. The first-order valence-electron chi connectivity index (χ1n) is 12.4. The van der Waals surface area contributed by atoms with Gasteiger partial charge in [0.05, 0.1) is 35.5 Å². The molecule has 0 unspecified atom stereocenters. The summed E-state index contributed by atoms with van der Waals surface area (Å²) in [5.41, 5.74) is 2.49. The molecule has 0 spiro atoms. The van der Waals surface area contributed by atoms with E-state index in [1.54, 1.807) is 31.2 Å². The zero-order chi connectivity index (χ0) is 30.7. The fourth-order valence-corrected chi connectivity index (χ4v) is 6.62. The minimum atomic E-state index is -4.12. The Labute approximate surface area is 249 Å². The standard InChI is InChI=1S/C29H28ClN3O7S2/c1-18-5-6-19(2)25(15-18)32-42(37,38)28-16-20(7-13-24(28)30)29(34)31-21-8-11-23(12-9-21)41(35,36)33-26-17-22(39-3)10-14-27(26)40-4/h5-17,32-33H,1-4H3,(H,31,34). The maximum absolute atomic E-state index is 13.2. The number of hydrogen-bond acceptors (Lipinski definition) is 7. The van der Waals surface area contributed by atoms with E-state index in [9.17, 15) is 21.6 Å². The monoisotopic (exact) mass is 629 g/mol. The van der Waals surface area contributed by atoms with Gasteiger partial charge in [-0.15, -0.1) is 0 Å². The second kappa shape index (κ2) is 12.3. The Bertz CT molecular complexity index is 1860. The molecule has 13 heteroatoms. The van der Waals surface area contributed by atoms with Crippen molar-refractivity contribution in [3.63, 3.8) is 0 Å². The van der Waals surface area contributed by atoms with Gasteiger partial charge in [0, 0.05) is 17.3 Å². The van der Waals surface area contributed by atoms with Gasteiger partial charge in [0.15, 0.2) is 0 Å². The summed E-state index contributed by atoms with van der Waals surface area (Å²) in [5.74, 6) is 0.118. The lowest BCUT2D eigenvalue weighted by Crippen LogP contribution is -2.17. The molecule has 0 saturated heterocycles. The van der Waals surface area contributed by atoms with E-state index in [-0.39, 0.29) is 31.8 Å². The number of hydrogen-bond donors (Lipinski definition) is 3. The van der Waals surface area contributed by atoms with Gasteiger partial charge < -0.3 is 14.8 Å². The Morgan fingerprint density at radius 1 is 0.738 bits per heavy atom. The molecule has 4 aromatic carbocycles. The number of nitrogens with one attached hydrogen (secondary N) is 3. The summed E-state index contributed by atoms with van der Waals surface area (Å²) in [7, 11) is -5.26. The van der Waals surface area contributed by atoms with Gasteiger partial charge in [-0.05, 0) is 85.6 Å². The van der Waals surface area contributed by atoms with E-state index in [4.69, 9.17) is 21.1 Å². The first kappa shape index (κ1) is 30.7. The number of anilines is 3. The van der Waals surface area contributed by atoms with Gasteiger partial charge in [-0.3, -0.25) is 14.2 Å². The summed E-state index contributed by atoms with van der Waals surface area (Å²) in [4.78, 5) is 12.7. The van der Waals surface area contributed by atoms with E-state index in [0.29, 0.717) is 17.2 Å². The van der Waals surface area contributed by atoms with Crippen LogP contribution in [-0.2, 0) is 20.0 Å². The number of amides is 1. The second-order valence-electron chi connectivity index (χ2n) is 9.22. The van der Waals surface area contributed by atoms with Gasteiger partial charge in [0.2, 0.25) is 0 Å². The molecule has 3 N–H and O–H groups in total. The Morgan fingerprint density at radius 3 is 2.10 bits per heavy atom. The van der Waals surface area contributed by atoms with Crippen LogP contribution >= 0.6 is 11.6 Å². The Hall–Kier alpha value is -4.26. The molecule has 0 saturated carbocycles. The largest absolute Gasteiger partial charge is 0.497 e. The van der Waals surface area contributed by atoms with Crippen LogP contribution in [0.25, 0.3) is 0 Å². The topological polar surface area (TPSA) is 140 Å². The van der Waals surface area contributed by atoms with Crippen LogP contribution in [0.4, 0.5) is 17.1 Å². The quantitative estimate of drug-likeness (QED) is 0.201. The molecule has 0 aromatic heterocycles. The Morgan fingerprint density at radius 2 is 1.43 bits per heavy atom. The van der Waals surface area contributed by atoms with Gasteiger partial charge in [0.1, 0.15) is 16.4 Å². The fourth-order valence-electron chi connectivity index (χ4n) is 3.91. The third kappa shape index (κ3) is 6.96. The summed E-state index contributed by atoms with van der Waals surface area (Å²) in [6.07, 6.45) is 0. The molecular formula is C29H28ClN3O7S2. The minimum Gasteiger partial charge on any atom is -0.497 e. The van der Waals surface area contributed by atoms with E-state index in [2.05, 4.69) is 14.8 Å². The van der Waals surface area contributed by atoms with E-state index in [0.717, 1.165) is 11.1 Å². The predicted octanol–water partition coefficient (Wildman–Crippen LogP) is 5.83. The first-order valence-corrected chi connectivity index (χ1v) is 15.7. The summed E-state index contributed by atoms with van der Waals surface area (Å²) in [6, 6.07) is 19.4. The van der Waals surface area contributed by atoms with Gasteiger partial charge in [0.25, 0.3) is 26.0 Å². The van der Waals surface area contributed by atoms with Crippen LogP contribution in [0.1, 0.15) is 21.5 Å². The van der Waals surface area contributed by atoms with Crippen molar-refractivity contribution in [2.45, 2.75) is 23.6 Å². The van der Waals surface area contributed by atoms with Crippen LogP contribution in [0.3, 0.4) is 0 Å². The van der Waals surface area contributed by atoms with E-state index >= 15 is 0 Å². The molecule has 0 aliphatic rings. The van der Waals surface area contributed by atoms with Crippen LogP contribution < -0.4 is 24.2 Å². The lowest BCUT2D eigenvalue weighted by Gasteiger charge is -2.14. The summed E-state index contributed by atoms with van der Waals surface area (Å²) in [5, 5.41) is 2.58. The molecule has 0 fully saturated rings. The number of methoxy groups -OCH3 is 2. The second-order valence-corrected chi connectivity index (χ2v) is 13.0. The van der Waals surface area contributed by atoms with E-state index in [1.165, 1.54) is 62.8 Å². The number of rotatable bonds is 10. The number of aryl methyl sites for hydroxylation is 2. The number of carbonyl (C=O) groups excluding carboxylic acids is 1. The predicted molar refractivity (Wildman–Crippen MR) is 163 cm³/mol. The lowest BCUT2D eigenvalue weighted by molar-refractivity contribution is 0.102. The smallest absolute Gasteiger partial charge is 0.263 e. The lowest BCUT2D eigenvalue weighted by atomic mass is 10.1. The Kier molecular flexibility index (Phi) is 9.00. The highest BCUT2D eigenvalue weighted by Gasteiger charge is 2.22. The highest BCUT2D eigenvalue weighted by Crippen LogP contribution is 2.31. The molecule has 4 rings (SSSR count). The molecule has 0 atom stereocenters. The highest BCUT2D eigenvalue weighted by atomic mass is 35.5. The average molecular weight is 630 g/mol. The van der Waals surface area contributed by atoms with E-state index < -0.39 is 26.0 Å². The van der Waals surface area contributed by atoms with Crippen molar-refractivity contribution in [3.05, 3.63) is 101 Å². The number of benzene rings is 4. The molecule has 0 heterocycles. The molecule has 4 aromatic rings. The fraction of sp³-hybridized carbons (Fsp3) is 0.138. The Balaban J connectivity index is 1.52. The zero-order valence-electron chi connectivity index (χ0n) is 23.1. The van der Waals surface area contributed by atoms with Crippen LogP contribution in [0.15, 0.2) is 88.7 Å². The normalized spacial score (nSPS) is 11.5. The van der Waals surface area contributed by atoms with Crippen molar-refractivity contribution in [1.29, 1.82) is 0 Å². The van der Waals surface area contributed by atoms with Gasteiger partial charge in [-0.2, -0.15) is 0 Å². The number of carbonyl (C=O) groups is 1. The molecular weight excluding hydrogens is 602 g/mol. The number of ether oxygens (including phenoxy) is 2. The van der Waals surface area contributed by atoms with Crippen molar-refractivity contribution in [2.75, 3.05) is 29.0 Å². The summed E-state index contributed by atoms with van der Waals surface area (Å²) >= 11 is 6.21. The van der Waals surface area contributed by atoms with E-state index in [1.807, 2.05) is 13.0 Å². The van der Waals surface area contributed by atoms with Crippen LogP contribution in [0.2, 0.25) is 5.02 Å². The number of halogens is 1. The summed E-state index contributed by atoms with van der Waals surface area (Å²) < 4.78 is 67.7. The van der Waals surface area contributed by atoms with Gasteiger partial charge >= 0.3 is 0 Å². The minimum absolute atomic E-state index is 0.0317. The molecule has 42 heavy (non-hydrogen) atoms. The SMILES string of the molecule is COc1ccc(OC)c(NS(=O)(=O)c2ccc(NC(=O)c3ccc(Cl)c(S(=O)(=O)Nc4cc(C)ccc4C)c3)cc2)c1. The molecule has 220 valence electrons. The third-order valence-corrected chi connectivity index (χ3v) is 9.42. The van der Waals surface area contributed by atoms with Gasteiger partial charge in [-0.1, -0.05) is 23.7 Å². The maximum Gasteiger partial charge on any atom is 0.263 e. The molecule has 10 nitrogen and oxygen atoms in total. The molecule has 0 aliphatic carbocycles. The molecule has 0 radical (unpaired) electrons. The average Bonchev–Trinajstić information content (AvgIpc) is 2.95. The van der Waals surface area contributed by atoms with Crippen molar-refractivity contribution in [1.82, 2.24) is 0 Å². The van der Waals surface area contributed by atoms with Crippen molar-refractivity contribution >= 4 is 54.6 Å². The van der Waals surface area contributed by atoms with Crippen molar-refractivity contribution in [3.8, 4) is 11.5 Å².